The molecule has 42 heavy (non-hydrogen) atoms. The lowest BCUT2D eigenvalue weighted by Gasteiger charge is -2.20. The van der Waals surface area contributed by atoms with Crippen molar-refractivity contribution in [1.82, 2.24) is 0 Å². The molecule has 0 radical (unpaired) electrons. The lowest BCUT2D eigenvalue weighted by molar-refractivity contribution is -0.189. The normalized spacial score (nSPS) is 11.3. The van der Waals surface area contributed by atoms with Crippen molar-refractivity contribution in [2.75, 3.05) is 0 Å². The SMILES string of the molecule is CCCCc1cc(F)c(C(F)(F)Oc2ccc(-c3cc(F)c(C#Cc4cc(F)c(F)c(F)c4)c(F)c3)c(F)c2)c(F)c1. The first-order valence-corrected chi connectivity index (χ1v) is 12.3. The molecule has 0 aliphatic carbocycles. The van der Waals surface area contributed by atoms with Gasteiger partial charge >= 0.3 is 6.11 Å². The number of alkyl halides is 2. The fourth-order valence-corrected chi connectivity index (χ4v) is 4.03. The average Bonchev–Trinajstić information content (AvgIpc) is 2.89. The molecule has 0 saturated heterocycles. The minimum absolute atomic E-state index is 0.177. The summed E-state index contributed by atoms with van der Waals surface area (Å²) in [5, 5.41) is 0. The molecular formula is C31H18F10O. The Balaban J connectivity index is 1.59. The van der Waals surface area contributed by atoms with E-state index in [0.29, 0.717) is 43.2 Å². The average molecular weight is 596 g/mol. The number of unbranched alkanes of at least 4 members (excludes halogenated alkanes) is 1. The fraction of sp³-hybridized carbons (Fsp3) is 0.161. The Labute approximate surface area is 233 Å². The van der Waals surface area contributed by atoms with Crippen molar-refractivity contribution < 1.29 is 48.6 Å². The summed E-state index contributed by atoms with van der Waals surface area (Å²) in [5.41, 5.74) is -3.60. The van der Waals surface area contributed by atoms with Crippen molar-refractivity contribution in [2.24, 2.45) is 0 Å². The van der Waals surface area contributed by atoms with Gasteiger partial charge in [-0.1, -0.05) is 25.2 Å². The molecule has 0 aliphatic heterocycles. The van der Waals surface area contributed by atoms with E-state index in [-0.39, 0.29) is 17.5 Å². The van der Waals surface area contributed by atoms with Crippen molar-refractivity contribution in [2.45, 2.75) is 32.3 Å². The molecule has 0 fully saturated rings. The van der Waals surface area contributed by atoms with Gasteiger partial charge < -0.3 is 4.74 Å². The van der Waals surface area contributed by atoms with Gasteiger partial charge in [0.05, 0.1) is 5.56 Å². The number of hydrogen-bond acceptors (Lipinski definition) is 1. The molecule has 0 atom stereocenters. The third-order valence-electron chi connectivity index (χ3n) is 6.07. The van der Waals surface area contributed by atoms with Crippen LogP contribution in [0.3, 0.4) is 0 Å². The monoisotopic (exact) mass is 596 g/mol. The highest BCUT2D eigenvalue weighted by atomic mass is 19.3. The molecule has 0 aliphatic rings. The predicted molar refractivity (Wildman–Crippen MR) is 134 cm³/mol. The van der Waals surface area contributed by atoms with E-state index in [2.05, 4.69) is 10.7 Å². The van der Waals surface area contributed by atoms with E-state index in [1.807, 2.05) is 12.8 Å². The van der Waals surface area contributed by atoms with Gasteiger partial charge in [-0.2, -0.15) is 8.78 Å². The summed E-state index contributed by atoms with van der Waals surface area (Å²) in [6.07, 6.45) is -2.97. The topological polar surface area (TPSA) is 9.23 Å². The molecule has 0 bridgehead atoms. The number of ether oxygens (including phenoxy) is 1. The molecular weight excluding hydrogens is 578 g/mol. The quantitative estimate of drug-likeness (QED) is 0.117. The molecule has 4 aromatic carbocycles. The summed E-state index contributed by atoms with van der Waals surface area (Å²) in [4.78, 5) is 0. The molecule has 0 spiro atoms. The zero-order chi connectivity index (χ0) is 30.8. The summed E-state index contributed by atoms with van der Waals surface area (Å²) in [7, 11) is 0. The van der Waals surface area contributed by atoms with Gasteiger partial charge in [-0.15, -0.1) is 0 Å². The third-order valence-corrected chi connectivity index (χ3v) is 6.07. The Morgan fingerprint density at radius 3 is 1.81 bits per heavy atom. The number of halogens is 10. The van der Waals surface area contributed by atoms with E-state index in [0.717, 1.165) is 24.3 Å². The molecule has 0 saturated carbocycles. The Morgan fingerprint density at radius 1 is 0.667 bits per heavy atom. The number of hydrogen-bond donors (Lipinski definition) is 0. The second-order valence-corrected chi connectivity index (χ2v) is 9.12. The molecule has 1 nitrogen and oxygen atoms in total. The molecule has 4 rings (SSSR count). The fourth-order valence-electron chi connectivity index (χ4n) is 4.03. The first kappa shape index (κ1) is 30.5. The molecule has 11 heteroatoms. The van der Waals surface area contributed by atoms with E-state index in [4.69, 9.17) is 0 Å². The molecule has 218 valence electrons. The van der Waals surface area contributed by atoms with E-state index in [1.165, 1.54) is 0 Å². The minimum atomic E-state index is -4.54. The van der Waals surface area contributed by atoms with Gasteiger partial charge in [0.25, 0.3) is 0 Å². The maximum Gasteiger partial charge on any atom is 0.432 e. The molecule has 0 heterocycles. The van der Waals surface area contributed by atoms with Crippen LogP contribution >= 0.6 is 0 Å². The maximum absolute atomic E-state index is 14.8. The van der Waals surface area contributed by atoms with Gasteiger partial charge in [-0.25, -0.2) is 35.1 Å². The zero-order valence-electron chi connectivity index (χ0n) is 21.5. The first-order chi connectivity index (χ1) is 19.8. The Kier molecular flexibility index (Phi) is 8.85. The van der Waals surface area contributed by atoms with Gasteiger partial charge in [-0.3, -0.25) is 0 Å². The highest BCUT2D eigenvalue weighted by Crippen LogP contribution is 2.37. The van der Waals surface area contributed by atoms with Crippen molar-refractivity contribution in [3.05, 3.63) is 123 Å². The lowest BCUT2D eigenvalue weighted by Crippen LogP contribution is -2.25. The molecule has 0 aromatic heterocycles. The summed E-state index contributed by atoms with van der Waals surface area (Å²) in [6, 6.07) is 5.99. The van der Waals surface area contributed by atoms with Crippen LogP contribution in [0.15, 0.2) is 54.6 Å². The van der Waals surface area contributed by atoms with Crippen molar-refractivity contribution in [3.8, 4) is 28.7 Å². The predicted octanol–water partition coefficient (Wildman–Crippen LogP) is 9.34. The van der Waals surface area contributed by atoms with Crippen LogP contribution in [0.5, 0.6) is 5.75 Å². The van der Waals surface area contributed by atoms with Gasteiger partial charge in [0.15, 0.2) is 17.5 Å². The third kappa shape index (κ3) is 6.54. The Bertz CT molecular complexity index is 1650. The highest BCUT2D eigenvalue weighted by Gasteiger charge is 2.41. The smallest absolute Gasteiger partial charge is 0.429 e. The summed E-state index contributed by atoms with van der Waals surface area (Å²) < 4.78 is 147. The number of benzene rings is 4. The van der Waals surface area contributed by atoms with Crippen LogP contribution in [0.4, 0.5) is 43.9 Å². The number of aryl methyl sites for hydroxylation is 1. The van der Waals surface area contributed by atoms with Crippen LogP contribution < -0.4 is 4.74 Å². The molecule has 4 aromatic rings. The van der Waals surface area contributed by atoms with Crippen LogP contribution in [-0.4, -0.2) is 0 Å². The van der Waals surface area contributed by atoms with Crippen molar-refractivity contribution in [1.29, 1.82) is 0 Å². The van der Waals surface area contributed by atoms with Crippen LogP contribution in [0.2, 0.25) is 0 Å². The lowest BCUT2D eigenvalue weighted by atomic mass is 10.0. The second kappa shape index (κ2) is 12.2. The van der Waals surface area contributed by atoms with E-state index in [1.54, 1.807) is 0 Å². The summed E-state index contributed by atoms with van der Waals surface area (Å²) in [6.45, 7) is 1.84. The van der Waals surface area contributed by atoms with Crippen LogP contribution in [0, 0.1) is 58.4 Å². The highest BCUT2D eigenvalue weighted by molar-refractivity contribution is 5.66. The summed E-state index contributed by atoms with van der Waals surface area (Å²) in [5.74, 6) is -8.57. The van der Waals surface area contributed by atoms with Crippen molar-refractivity contribution in [3.63, 3.8) is 0 Å². The molecule has 0 N–H and O–H groups in total. The van der Waals surface area contributed by atoms with Crippen molar-refractivity contribution >= 4 is 0 Å². The standard InChI is InChI=1S/C31H18F10O/c1-2-3-4-16-9-25(35)29(26(36)10-16)31(40,41)42-19-6-8-20(24(34)15-19)18-13-22(32)21(23(33)14-18)7-5-17-11-27(37)30(39)28(38)12-17/h6,8-15H,2-4H2,1H3. The number of rotatable bonds is 7. The minimum Gasteiger partial charge on any atom is -0.429 e. The van der Waals surface area contributed by atoms with E-state index >= 15 is 0 Å². The Morgan fingerprint density at radius 2 is 1.26 bits per heavy atom. The summed E-state index contributed by atoms with van der Waals surface area (Å²) >= 11 is 0. The second-order valence-electron chi connectivity index (χ2n) is 9.12. The molecule has 0 unspecified atom stereocenters. The van der Waals surface area contributed by atoms with Crippen LogP contribution in [0.25, 0.3) is 11.1 Å². The molecule has 0 amide bonds. The largest absolute Gasteiger partial charge is 0.432 e. The van der Waals surface area contributed by atoms with E-state index in [9.17, 15) is 43.9 Å². The van der Waals surface area contributed by atoms with Crippen LogP contribution in [-0.2, 0) is 12.5 Å². The van der Waals surface area contributed by atoms with Crippen LogP contribution in [0.1, 0.15) is 42.0 Å². The van der Waals surface area contributed by atoms with Gasteiger partial charge in [-0.05, 0) is 72.5 Å². The van der Waals surface area contributed by atoms with Gasteiger partial charge in [0, 0.05) is 17.2 Å². The maximum atomic E-state index is 14.8. The van der Waals surface area contributed by atoms with Gasteiger partial charge in [0.1, 0.15) is 40.4 Å². The first-order valence-electron chi connectivity index (χ1n) is 12.3. The Hall–Kier alpha value is -4.46. The zero-order valence-corrected chi connectivity index (χ0v) is 21.5. The van der Waals surface area contributed by atoms with Gasteiger partial charge in [0.2, 0.25) is 0 Å². The van der Waals surface area contributed by atoms with E-state index < -0.39 is 80.6 Å².